The van der Waals surface area contributed by atoms with Crippen LogP contribution in [-0.2, 0) is 4.79 Å². The number of ether oxygens (including phenoxy) is 2. The number of hydrogen-bond donors (Lipinski definition) is 3. The number of carbonyl (C=O) groups excluding carboxylic acids is 1. The summed E-state index contributed by atoms with van der Waals surface area (Å²) in [6.07, 6.45) is 1.59. The van der Waals surface area contributed by atoms with Crippen molar-refractivity contribution in [3.05, 3.63) is 53.6 Å². The van der Waals surface area contributed by atoms with E-state index >= 15 is 0 Å². The highest BCUT2D eigenvalue weighted by atomic mass is 32.1. The van der Waals surface area contributed by atoms with Crippen LogP contribution in [0.5, 0.6) is 11.5 Å². The summed E-state index contributed by atoms with van der Waals surface area (Å²) < 4.78 is 10.5. The van der Waals surface area contributed by atoms with Crippen molar-refractivity contribution in [2.24, 2.45) is 10.8 Å². The largest absolute Gasteiger partial charge is 0.493 e. The third-order valence-electron chi connectivity index (χ3n) is 3.33. The first-order chi connectivity index (χ1) is 12.5. The third kappa shape index (κ3) is 5.75. The Morgan fingerprint density at radius 2 is 2.04 bits per heavy atom. The lowest BCUT2D eigenvalue weighted by molar-refractivity contribution is -0.119. The van der Waals surface area contributed by atoms with E-state index in [1.165, 1.54) is 7.11 Å². The molecule has 1 amide bonds. The minimum atomic E-state index is -0.559. The van der Waals surface area contributed by atoms with Gasteiger partial charge in [0.25, 0.3) is 5.91 Å². The zero-order valence-corrected chi connectivity index (χ0v) is 15.3. The number of para-hydroxylation sites is 1. The number of anilines is 1. The Kier molecular flexibility index (Phi) is 6.92. The molecular weight excluding hydrogens is 352 g/mol. The first kappa shape index (κ1) is 19.2. The zero-order chi connectivity index (χ0) is 18.9. The predicted octanol–water partition coefficient (Wildman–Crippen LogP) is 2.19. The summed E-state index contributed by atoms with van der Waals surface area (Å²) in [6, 6.07) is 13.0. The Balaban J connectivity index is 1.96. The summed E-state index contributed by atoms with van der Waals surface area (Å²) in [5.41, 5.74) is 10.6. The number of benzene rings is 2. The van der Waals surface area contributed by atoms with E-state index < -0.39 is 5.91 Å². The molecule has 2 aromatic rings. The molecule has 0 radical (unpaired) electrons. The second-order valence-corrected chi connectivity index (χ2v) is 5.71. The summed E-state index contributed by atoms with van der Waals surface area (Å²) >= 11 is 5.21. The summed E-state index contributed by atoms with van der Waals surface area (Å²) in [7, 11) is 1.51. The van der Waals surface area contributed by atoms with Gasteiger partial charge in [-0.25, -0.2) is 0 Å². The van der Waals surface area contributed by atoms with Gasteiger partial charge in [0.05, 0.1) is 13.3 Å². The zero-order valence-electron chi connectivity index (χ0n) is 14.5. The van der Waals surface area contributed by atoms with Gasteiger partial charge >= 0.3 is 0 Å². The molecule has 2 rings (SSSR count). The highest BCUT2D eigenvalue weighted by molar-refractivity contribution is 7.80. The van der Waals surface area contributed by atoms with Crippen LogP contribution in [0.4, 0.5) is 5.69 Å². The molecule has 2 aromatic carbocycles. The maximum atomic E-state index is 10.8. The van der Waals surface area contributed by atoms with Crippen LogP contribution < -0.4 is 25.9 Å². The number of rotatable bonds is 7. The maximum Gasteiger partial charge on any atom is 0.255 e. The number of thiocarbonyl (C=S) groups is 1. The van der Waals surface area contributed by atoms with E-state index in [9.17, 15) is 4.79 Å². The Bertz CT molecular complexity index is 824. The van der Waals surface area contributed by atoms with Gasteiger partial charge in [0, 0.05) is 5.69 Å². The number of aryl methyl sites for hydroxylation is 1. The third-order valence-corrected chi connectivity index (χ3v) is 3.52. The topological polar surface area (TPSA) is 98.0 Å². The van der Waals surface area contributed by atoms with Gasteiger partial charge in [0.2, 0.25) is 0 Å². The number of carbonyl (C=O) groups is 1. The molecule has 0 aliphatic heterocycles. The van der Waals surface area contributed by atoms with Crippen LogP contribution in [0.2, 0.25) is 0 Å². The lowest BCUT2D eigenvalue weighted by Crippen LogP contribution is -2.24. The smallest absolute Gasteiger partial charge is 0.255 e. The maximum absolute atomic E-state index is 10.8. The van der Waals surface area contributed by atoms with E-state index in [1.54, 1.807) is 24.4 Å². The van der Waals surface area contributed by atoms with Gasteiger partial charge in [-0.1, -0.05) is 18.2 Å². The molecule has 0 saturated carbocycles. The lowest BCUT2D eigenvalue weighted by Gasteiger charge is -2.10. The van der Waals surface area contributed by atoms with Crippen LogP contribution in [-0.4, -0.2) is 31.0 Å². The summed E-state index contributed by atoms with van der Waals surface area (Å²) in [5, 5.41) is 7.55. The molecule has 0 aliphatic carbocycles. The fourth-order valence-corrected chi connectivity index (χ4v) is 2.22. The number of methoxy groups -OCH3 is 1. The van der Waals surface area contributed by atoms with Gasteiger partial charge in [-0.05, 0) is 54.5 Å². The average Bonchev–Trinajstić information content (AvgIpc) is 2.62. The van der Waals surface area contributed by atoms with Gasteiger partial charge in [-0.3, -0.25) is 10.2 Å². The molecule has 136 valence electrons. The molecule has 0 unspecified atom stereocenters. The quantitative estimate of drug-likeness (QED) is 0.392. The highest BCUT2D eigenvalue weighted by Gasteiger charge is 2.06. The van der Waals surface area contributed by atoms with Crippen LogP contribution >= 0.6 is 12.2 Å². The standard InChI is InChI=1S/C18H20N4O3S/c1-12-5-3-4-6-14(12)21-18(26)22-20-10-13-7-8-15(16(9-13)24-2)25-11-17(19)23/h3-10H,11H2,1-2H3,(H2,19,23)(H2,21,22,26)/b20-10-. The van der Waals surface area contributed by atoms with Crippen molar-refractivity contribution in [1.82, 2.24) is 5.43 Å². The van der Waals surface area contributed by atoms with Crippen LogP contribution in [0.3, 0.4) is 0 Å². The minimum absolute atomic E-state index is 0.218. The molecule has 0 saturated heterocycles. The van der Waals surface area contributed by atoms with Crippen molar-refractivity contribution < 1.29 is 14.3 Å². The first-order valence-electron chi connectivity index (χ1n) is 7.74. The Labute approximate surface area is 157 Å². The molecule has 0 spiro atoms. The van der Waals surface area contributed by atoms with Crippen molar-refractivity contribution in [3.63, 3.8) is 0 Å². The summed E-state index contributed by atoms with van der Waals surface area (Å²) in [6.45, 7) is 1.77. The monoisotopic (exact) mass is 372 g/mol. The molecule has 8 heteroatoms. The van der Waals surface area contributed by atoms with Crippen molar-refractivity contribution in [1.29, 1.82) is 0 Å². The van der Waals surface area contributed by atoms with E-state index in [2.05, 4.69) is 15.8 Å². The van der Waals surface area contributed by atoms with E-state index in [4.69, 9.17) is 27.4 Å². The van der Waals surface area contributed by atoms with Crippen molar-refractivity contribution in [3.8, 4) is 11.5 Å². The molecule has 7 nitrogen and oxygen atoms in total. The first-order valence-corrected chi connectivity index (χ1v) is 8.15. The molecule has 26 heavy (non-hydrogen) atoms. The van der Waals surface area contributed by atoms with Crippen molar-refractivity contribution in [2.75, 3.05) is 19.0 Å². The summed E-state index contributed by atoms with van der Waals surface area (Å²) in [4.78, 5) is 10.8. The van der Waals surface area contributed by atoms with Gasteiger partial charge in [0.15, 0.2) is 23.2 Å². The number of hydrazone groups is 1. The van der Waals surface area contributed by atoms with Crippen LogP contribution in [0.15, 0.2) is 47.6 Å². The molecule has 0 aromatic heterocycles. The highest BCUT2D eigenvalue weighted by Crippen LogP contribution is 2.27. The van der Waals surface area contributed by atoms with E-state index in [1.807, 2.05) is 31.2 Å². The Morgan fingerprint density at radius 1 is 1.27 bits per heavy atom. The van der Waals surface area contributed by atoms with Gasteiger partial charge in [-0.2, -0.15) is 5.10 Å². The fourth-order valence-electron chi connectivity index (χ4n) is 2.06. The van der Waals surface area contributed by atoms with E-state index in [0.29, 0.717) is 16.6 Å². The second kappa shape index (κ2) is 9.38. The van der Waals surface area contributed by atoms with Crippen molar-refractivity contribution >= 4 is 35.1 Å². The minimum Gasteiger partial charge on any atom is -0.493 e. The predicted molar refractivity (Wildman–Crippen MR) is 106 cm³/mol. The van der Waals surface area contributed by atoms with Gasteiger partial charge < -0.3 is 20.5 Å². The molecular formula is C18H20N4O3S. The number of hydrogen-bond acceptors (Lipinski definition) is 5. The molecule has 0 heterocycles. The van der Waals surface area contributed by atoms with Gasteiger partial charge in [-0.15, -0.1) is 0 Å². The van der Waals surface area contributed by atoms with Crippen LogP contribution in [0, 0.1) is 6.92 Å². The Morgan fingerprint density at radius 3 is 2.73 bits per heavy atom. The average molecular weight is 372 g/mol. The van der Waals surface area contributed by atoms with Gasteiger partial charge in [0.1, 0.15) is 0 Å². The normalized spacial score (nSPS) is 10.4. The molecule has 0 atom stereocenters. The fraction of sp³-hybridized carbons (Fsp3) is 0.167. The number of nitrogens with two attached hydrogens (primary N) is 1. The molecule has 0 aliphatic rings. The van der Waals surface area contributed by atoms with Crippen LogP contribution in [0.25, 0.3) is 0 Å². The second-order valence-electron chi connectivity index (χ2n) is 5.30. The number of nitrogens with one attached hydrogen (secondary N) is 2. The summed E-state index contributed by atoms with van der Waals surface area (Å²) in [5.74, 6) is 0.334. The number of primary amides is 1. The Hall–Kier alpha value is -3.13. The number of nitrogens with zero attached hydrogens (tertiary/aromatic N) is 1. The molecule has 0 fully saturated rings. The number of amides is 1. The molecule has 4 N–H and O–H groups in total. The van der Waals surface area contributed by atoms with E-state index in [-0.39, 0.29) is 6.61 Å². The lowest BCUT2D eigenvalue weighted by atomic mass is 10.2. The van der Waals surface area contributed by atoms with Crippen LogP contribution in [0.1, 0.15) is 11.1 Å². The molecule has 0 bridgehead atoms. The van der Waals surface area contributed by atoms with Crippen molar-refractivity contribution in [2.45, 2.75) is 6.92 Å². The SMILES string of the molecule is COc1cc(/C=N\NC(=S)Nc2ccccc2C)ccc1OCC(N)=O. The van der Waals surface area contributed by atoms with E-state index in [0.717, 1.165) is 16.8 Å².